The number of ketones is 1. The average molecular weight is 563 g/mol. The van der Waals surface area contributed by atoms with Crippen LogP contribution in [0.3, 0.4) is 0 Å². The number of para-hydroxylation sites is 1. The Bertz CT molecular complexity index is 1540. The van der Waals surface area contributed by atoms with E-state index in [9.17, 15) is 29.1 Å². The molecule has 2 atom stereocenters. The first-order chi connectivity index (χ1) is 19.7. The fourth-order valence-electron chi connectivity index (χ4n) is 5.01. The Morgan fingerprint density at radius 2 is 1.39 bits per heavy atom. The van der Waals surface area contributed by atoms with Crippen LogP contribution in [0.2, 0.25) is 0 Å². The average Bonchev–Trinajstić information content (AvgIpc) is 3.00. The van der Waals surface area contributed by atoms with Crippen molar-refractivity contribution < 1.29 is 52.8 Å². The smallest absolute Gasteiger partial charge is 0.345 e. The topological polar surface area (TPSA) is 152 Å². The molecule has 41 heavy (non-hydrogen) atoms. The highest BCUT2D eigenvalue weighted by molar-refractivity contribution is 6.18. The molecule has 0 amide bonds. The lowest BCUT2D eigenvalue weighted by Gasteiger charge is -2.33. The van der Waals surface area contributed by atoms with Gasteiger partial charge in [0.25, 0.3) is 0 Å². The highest BCUT2D eigenvalue weighted by Gasteiger charge is 2.48. The Balaban J connectivity index is 2.08. The van der Waals surface area contributed by atoms with Crippen LogP contribution in [0.15, 0.2) is 54.6 Å². The van der Waals surface area contributed by atoms with Crippen molar-refractivity contribution in [2.45, 2.75) is 12.3 Å². The molecule has 1 aliphatic carbocycles. The molecule has 1 N–H and O–H groups in total. The van der Waals surface area contributed by atoms with E-state index in [0.717, 1.165) is 21.3 Å². The van der Waals surface area contributed by atoms with E-state index in [-0.39, 0.29) is 17.5 Å². The summed E-state index contributed by atoms with van der Waals surface area (Å²) in [6.07, 6.45) is -0.212. The maximum atomic E-state index is 14.3. The molecule has 212 valence electrons. The summed E-state index contributed by atoms with van der Waals surface area (Å²) in [5, 5.41) is 11.3. The number of carbonyl (C=O) groups is 5. The number of benzene rings is 3. The second-order valence-electron chi connectivity index (χ2n) is 8.94. The molecule has 0 aromatic heterocycles. The van der Waals surface area contributed by atoms with E-state index in [4.69, 9.17) is 23.7 Å². The van der Waals surface area contributed by atoms with Crippen LogP contribution in [-0.4, -0.2) is 63.2 Å². The van der Waals surface area contributed by atoms with Crippen molar-refractivity contribution in [3.05, 3.63) is 88.0 Å². The first-order valence-corrected chi connectivity index (χ1v) is 12.3. The molecule has 0 aliphatic heterocycles. The summed E-state index contributed by atoms with van der Waals surface area (Å²) in [6, 6.07) is 14.3. The Hall–Kier alpha value is -5.19. The molecule has 0 spiro atoms. The molecule has 0 saturated carbocycles. The number of ether oxygens (including phenoxy) is 5. The van der Waals surface area contributed by atoms with E-state index in [0.29, 0.717) is 11.3 Å². The largest absolute Gasteiger partial charge is 0.506 e. The third-order valence-corrected chi connectivity index (χ3v) is 6.86. The van der Waals surface area contributed by atoms with Crippen molar-refractivity contribution in [2.24, 2.45) is 5.92 Å². The van der Waals surface area contributed by atoms with Gasteiger partial charge in [0.05, 0.1) is 39.6 Å². The van der Waals surface area contributed by atoms with Gasteiger partial charge in [-0.15, -0.1) is 0 Å². The number of carbonyl (C=O) groups excluding carboxylic acids is 5. The van der Waals surface area contributed by atoms with E-state index in [2.05, 4.69) is 0 Å². The van der Waals surface area contributed by atoms with Crippen molar-refractivity contribution in [3.63, 3.8) is 0 Å². The molecule has 0 radical (unpaired) electrons. The SMILES string of the molecule is COC(=O)c1c(O)c(C(=O)OC)c(OC(=O)c2ccccc2)c2c1CC(c1ccccc1OC)C(C(=O)OC)C2=O. The summed E-state index contributed by atoms with van der Waals surface area (Å²) in [4.78, 5) is 66.4. The van der Waals surface area contributed by atoms with Gasteiger partial charge in [0, 0.05) is 5.92 Å². The minimum Gasteiger partial charge on any atom is -0.506 e. The molecule has 0 fully saturated rings. The second kappa shape index (κ2) is 11.9. The van der Waals surface area contributed by atoms with Crippen LogP contribution in [0.1, 0.15) is 58.5 Å². The third kappa shape index (κ3) is 5.09. The molecular formula is C30H26O11. The molecule has 0 bridgehead atoms. The van der Waals surface area contributed by atoms with Gasteiger partial charge < -0.3 is 28.8 Å². The highest BCUT2D eigenvalue weighted by Crippen LogP contribution is 2.49. The van der Waals surface area contributed by atoms with Gasteiger partial charge in [-0.3, -0.25) is 9.59 Å². The number of methoxy groups -OCH3 is 4. The van der Waals surface area contributed by atoms with Crippen molar-refractivity contribution in [3.8, 4) is 17.2 Å². The summed E-state index contributed by atoms with van der Waals surface area (Å²) in [5.41, 5.74) is -1.30. The van der Waals surface area contributed by atoms with Gasteiger partial charge in [-0.05, 0) is 35.7 Å². The maximum Gasteiger partial charge on any atom is 0.345 e. The van der Waals surface area contributed by atoms with Crippen molar-refractivity contribution in [1.82, 2.24) is 0 Å². The van der Waals surface area contributed by atoms with Crippen molar-refractivity contribution in [1.29, 1.82) is 0 Å². The minimum absolute atomic E-state index is 0.0632. The zero-order chi connectivity index (χ0) is 29.8. The summed E-state index contributed by atoms with van der Waals surface area (Å²) in [5.74, 6) is -8.75. The molecule has 3 aromatic carbocycles. The van der Waals surface area contributed by atoms with Gasteiger partial charge in [-0.2, -0.15) is 0 Å². The Kier molecular flexibility index (Phi) is 8.37. The van der Waals surface area contributed by atoms with Gasteiger partial charge in [-0.25, -0.2) is 14.4 Å². The normalized spacial score (nSPS) is 15.8. The number of hydrogen-bond acceptors (Lipinski definition) is 11. The van der Waals surface area contributed by atoms with Crippen LogP contribution >= 0.6 is 0 Å². The van der Waals surface area contributed by atoms with Gasteiger partial charge in [-0.1, -0.05) is 36.4 Å². The summed E-state index contributed by atoms with van der Waals surface area (Å²) in [6.45, 7) is 0. The van der Waals surface area contributed by atoms with E-state index in [1.807, 2.05) is 0 Å². The molecule has 0 heterocycles. The third-order valence-electron chi connectivity index (χ3n) is 6.86. The van der Waals surface area contributed by atoms with Crippen LogP contribution in [0.4, 0.5) is 0 Å². The quantitative estimate of drug-likeness (QED) is 0.195. The summed E-state index contributed by atoms with van der Waals surface area (Å²) >= 11 is 0. The lowest BCUT2D eigenvalue weighted by Crippen LogP contribution is -2.38. The number of phenolic OH excluding ortho intramolecular Hbond substituents is 1. The number of fused-ring (bicyclic) bond motifs is 1. The van der Waals surface area contributed by atoms with Crippen molar-refractivity contribution in [2.75, 3.05) is 28.4 Å². The monoisotopic (exact) mass is 562 g/mol. The molecule has 2 unspecified atom stereocenters. The van der Waals surface area contributed by atoms with Crippen LogP contribution in [0.5, 0.6) is 17.2 Å². The molecular weight excluding hydrogens is 536 g/mol. The number of esters is 4. The Morgan fingerprint density at radius 3 is 2.00 bits per heavy atom. The first kappa shape index (κ1) is 28.8. The molecule has 1 aliphatic rings. The zero-order valence-corrected chi connectivity index (χ0v) is 22.6. The molecule has 11 heteroatoms. The van der Waals surface area contributed by atoms with E-state index < -0.39 is 69.7 Å². The van der Waals surface area contributed by atoms with E-state index in [1.165, 1.54) is 19.2 Å². The molecule has 3 aromatic rings. The van der Waals surface area contributed by atoms with Gasteiger partial charge >= 0.3 is 23.9 Å². The van der Waals surface area contributed by atoms with Gasteiger partial charge in [0.1, 0.15) is 28.5 Å². The van der Waals surface area contributed by atoms with Gasteiger partial charge in [0.2, 0.25) is 0 Å². The fourth-order valence-corrected chi connectivity index (χ4v) is 5.01. The van der Waals surface area contributed by atoms with Crippen LogP contribution in [0, 0.1) is 5.92 Å². The fraction of sp³-hybridized carbons (Fsp3) is 0.233. The number of aromatic hydroxyl groups is 1. The molecule has 0 saturated heterocycles. The predicted molar refractivity (Wildman–Crippen MR) is 141 cm³/mol. The number of Topliss-reactive ketones (excluding diaryl/α,β-unsaturated/α-hetero) is 1. The van der Waals surface area contributed by atoms with Crippen LogP contribution < -0.4 is 9.47 Å². The predicted octanol–water partition coefficient (Wildman–Crippen LogP) is 3.51. The maximum absolute atomic E-state index is 14.3. The van der Waals surface area contributed by atoms with Crippen molar-refractivity contribution >= 4 is 29.7 Å². The molecule has 4 rings (SSSR count). The van der Waals surface area contributed by atoms with E-state index >= 15 is 0 Å². The number of rotatable bonds is 7. The van der Waals surface area contributed by atoms with Crippen LogP contribution in [-0.2, 0) is 25.4 Å². The highest BCUT2D eigenvalue weighted by atomic mass is 16.5. The lowest BCUT2D eigenvalue weighted by molar-refractivity contribution is -0.144. The summed E-state index contributed by atoms with van der Waals surface area (Å²) < 4.78 is 25.7. The molecule has 11 nitrogen and oxygen atoms in total. The number of hydrogen-bond donors (Lipinski definition) is 1. The second-order valence-corrected chi connectivity index (χ2v) is 8.94. The van der Waals surface area contributed by atoms with Crippen LogP contribution in [0.25, 0.3) is 0 Å². The Labute approximate surface area is 234 Å². The Morgan fingerprint density at radius 1 is 0.780 bits per heavy atom. The zero-order valence-electron chi connectivity index (χ0n) is 22.6. The first-order valence-electron chi connectivity index (χ1n) is 12.3. The van der Waals surface area contributed by atoms with E-state index in [1.54, 1.807) is 42.5 Å². The minimum atomic E-state index is -1.50. The standard InChI is InChI=1S/C30H26O11/c1-37-19-13-9-8-12-16(19)17-14-18-20(24(31)21(17)28(34)38-2)26(41-27(33)15-10-6-5-7-11-15)23(30(36)40-4)25(32)22(18)29(35)39-3/h5-13,17,21,32H,14H2,1-4H3. The summed E-state index contributed by atoms with van der Waals surface area (Å²) in [7, 11) is 4.57. The van der Waals surface area contributed by atoms with Gasteiger partial charge in [0.15, 0.2) is 11.5 Å². The number of phenols is 1. The lowest BCUT2D eigenvalue weighted by atomic mass is 9.69.